The molecule has 0 unspecified atom stereocenters. The first-order valence-electron chi connectivity index (χ1n) is 5.36. The molecular formula is C12H18N2O2. The van der Waals surface area contributed by atoms with Crippen LogP contribution in [0.2, 0.25) is 0 Å². The number of anilines is 2. The first-order chi connectivity index (χ1) is 7.63. The van der Waals surface area contributed by atoms with Crippen LogP contribution in [0.25, 0.3) is 0 Å². The van der Waals surface area contributed by atoms with Crippen LogP contribution in [-0.4, -0.2) is 26.2 Å². The van der Waals surface area contributed by atoms with Gasteiger partial charge in [-0.25, -0.2) is 4.79 Å². The third kappa shape index (κ3) is 2.45. The number of nitrogens with zero attached hydrogens (tertiary/aromatic N) is 1. The Hall–Kier alpha value is -1.71. The maximum atomic E-state index is 11.5. The van der Waals surface area contributed by atoms with Gasteiger partial charge in [-0.15, -0.1) is 0 Å². The number of nitrogens with two attached hydrogens (primary N) is 1. The predicted octanol–water partition coefficient (Wildman–Crippen LogP) is 1.90. The third-order valence-electron chi connectivity index (χ3n) is 2.57. The van der Waals surface area contributed by atoms with Gasteiger partial charge in [0, 0.05) is 24.5 Å². The van der Waals surface area contributed by atoms with E-state index in [0.717, 1.165) is 18.8 Å². The summed E-state index contributed by atoms with van der Waals surface area (Å²) >= 11 is 0. The maximum absolute atomic E-state index is 11.5. The fourth-order valence-corrected chi connectivity index (χ4v) is 1.62. The molecule has 0 aromatic heterocycles. The maximum Gasteiger partial charge on any atom is 0.340 e. The summed E-state index contributed by atoms with van der Waals surface area (Å²) in [4.78, 5) is 13.6. The molecule has 0 saturated heterocycles. The lowest BCUT2D eigenvalue weighted by Gasteiger charge is -2.21. The summed E-state index contributed by atoms with van der Waals surface area (Å²) in [6.07, 6.45) is 0. The van der Waals surface area contributed by atoms with Crippen LogP contribution in [-0.2, 0) is 4.74 Å². The van der Waals surface area contributed by atoms with E-state index in [1.807, 2.05) is 6.07 Å². The number of benzene rings is 1. The Labute approximate surface area is 96.0 Å². The standard InChI is InChI=1S/C12H18N2O2/c1-4-14(5-2)9-6-7-11(13)10(8-9)12(15)16-3/h6-8H,4-5,13H2,1-3H3. The average molecular weight is 222 g/mol. The fourth-order valence-electron chi connectivity index (χ4n) is 1.62. The minimum Gasteiger partial charge on any atom is -0.465 e. The van der Waals surface area contributed by atoms with Crippen molar-refractivity contribution in [3.05, 3.63) is 23.8 Å². The van der Waals surface area contributed by atoms with Gasteiger partial charge in [-0.3, -0.25) is 0 Å². The zero-order chi connectivity index (χ0) is 12.1. The molecule has 0 aliphatic rings. The van der Waals surface area contributed by atoms with Crippen molar-refractivity contribution < 1.29 is 9.53 Å². The summed E-state index contributed by atoms with van der Waals surface area (Å²) in [6, 6.07) is 5.42. The zero-order valence-electron chi connectivity index (χ0n) is 9.99. The van der Waals surface area contributed by atoms with Gasteiger partial charge in [0.2, 0.25) is 0 Å². The molecule has 4 nitrogen and oxygen atoms in total. The van der Waals surface area contributed by atoms with E-state index in [4.69, 9.17) is 5.73 Å². The first kappa shape index (κ1) is 12.4. The molecule has 88 valence electrons. The smallest absolute Gasteiger partial charge is 0.340 e. The van der Waals surface area contributed by atoms with Gasteiger partial charge in [-0.1, -0.05) is 0 Å². The van der Waals surface area contributed by atoms with Gasteiger partial charge in [0.1, 0.15) is 0 Å². The van der Waals surface area contributed by atoms with E-state index in [0.29, 0.717) is 11.3 Å². The van der Waals surface area contributed by atoms with Crippen LogP contribution in [0, 0.1) is 0 Å². The minimum atomic E-state index is -0.397. The highest BCUT2D eigenvalue weighted by Gasteiger charge is 2.12. The number of nitrogen functional groups attached to an aromatic ring is 1. The van der Waals surface area contributed by atoms with E-state index in [1.54, 1.807) is 12.1 Å². The summed E-state index contributed by atoms with van der Waals surface area (Å²) in [7, 11) is 1.35. The quantitative estimate of drug-likeness (QED) is 0.624. The van der Waals surface area contributed by atoms with Crippen molar-refractivity contribution in [2.45, 2.75) is 13.8 Å². The molecule has 16 heavy (non-hydrogen) atoms. The molecule has 4 heteroatoms. The van der Waals surface area contributed by atoms with Gasteiger partial charge in [-0.2, -0.15) is 0 Å². The molecule has 0 radical (unpaired) electrons. The van der Waals surface area contributed by atoms with E-state index >= 15 is 0 Å². The van der Waals surface area contributed by atoms with Gasteiger partial charge in [0.25, 0.3) is 0 Å². The highest BCUT2D eigenvalue weighted by atomic mass is 16.5. The van der Waals surface area contributed by atoms with Crippen LogP contribution >= 0.6 is 0 Å². The monoisotopic (exact) mass is 222 g/mol. The zero-order valence-corrected chi connectivity index (χ0v) is 9.99. The van der Waals surface area contributed by atoms with Crippen molar-refractivity contribution in [1.82, 2.24) is 0 Å². The van der Waals surface area contributed by atoms with Gasteiger partial charge in [-0.05, 0) is 32.0 Å². The predicted molar refractivity (Wildman–Crippen MR) is 65.8 cm³/mol. The number of hydrogen-bond acceptors (Lipinski definition) is 4. The molecule has 0 saturated carbocycles. The third-order valence-corrected chi connectivity index (χ3v) is 2.57. The summed E-state index contributed by atoms with van der Waals surface area (Å²) in [6.45, 7) is 5.91. The van der Waals surface area contributed by atoms with Crippen molar-refractivity contribution in [3.8, 4) is 0 Å². The second-order valence-corrected chi connectivity index (χ2v) is 3.44. The molecule has 0 amide bonds. The Morgan fingerprint density at radius 3 is 2.50 bits per heavy atom. The van der Waals surface area contributed by atoms with E-state index in [9.17, 15) is 4.79 Å². The summed E-state index contributed by atoms with van der Waals surface area (Å²) in [5.41, 5.74) is 7.59. The number of carbonyl (C=O) groups is 1. The lowest BCUT2D eigenvalue weighted by molar-refractivity contribution is 0.0602. The Bertz CT molecular complexity index is 373. The molecule has 0 heterocycles. The van der Waals surface area contributed by atoms with Gasteiger partial charge in [0.15, 0.2) is 0 Å². The molecular weight excluding hydrogens is 204 g/mol. The highest BCUT2D eigenvalue weighted by molar-refractivity contribution is 5.96. The van der Waals surface area contributed by atoms with Crippen LogP contribution in [0.5, 0.6) is 0 Å². The average Bonchev–Trinajstić information content (AvgIpc) is 2.31. The van der Waals surface area contributed by atoms with E-state index < -0.39 is 5.97 Å². The molecule has 0 spiro atoms. The molecule has 1 aromatic carbocycles. The van der Waals surface area contributed by atoms with E-state index in [1.165, 1.54) is 7.11 Å². The van der Waals surface area contributed by atoms with E-state index in [-0.39, 0.29) is 0 Å². The van der Waals surface area contributed by atoms with Crippen molar-refractivity contribution in [2.24, 2.45) is 0 Å². The fraction of sp³-hybridized carbons (Fsp3) is 0.417. The van der Waals surface area contributed by atoms with Crippen molar-refractivity contribution in [1.29, 1.82) is 0 Å². The van der Waals surface area contributed by atoms with Gasteiger partial charge in [0.05, 0.1) is 12.7 Å². The number of rotatable bonds is 4. The topological polar surface area (TPSA) is 55.6 Å². The summed E-state index contributed by atoms with van der Waals surface area (Å²) < 4.78 is 4.68. The Morgan fingerprint density at radius 1 is 1.38 bits per heavy atom. The Kier molecular flexibility index (Phi) is 4.17. The summed E-state index contributed by atoms with van der Waals surface area (Å²) in [5.74, 6) is -0.397. The van der Waals surface area contributed by atoms with Gasteiger partial charge < -0.3 is 15.4 Å². The molecule has 0 atom stereocenters. The largest absolute Gasteiger partial charge is 0.465 e. The number of methoxy groups -OCH3 is 1. The molecule has 1 rings (SSSR count). The van der Waals surface area contributed by atoms with Crippen molar-refractivity contribution >= 4 is 17.3 Å². The van der Waals surface area contributed by atoms with Crippen LogP contribution in [0.15, 0.2) is 18.2 Å². The molecule has 1 aromatic rings. The number of carbonyl (C=O) groups excluding carboxylic acids is 1. The molecule has 2 N–H and O–H groups in total. The van der Waals surface area contributed by atoms with E-state index in [2.05, 4.69) is 23.5 Å². The van der Waals surface area contributed by atoms with Crippen LogP contribution in [0.3, 0.4) is 0 Å². The second-order valence-electron chi connectivity index (χ2n) is 3.44. The first-order valence-corrected chi connectivity index (χ1v) is 5.36. The van der Waals surface area contributed by atoms with Crippen molar-refractivity contribution in [2.75, 3.05) is 30.8 Å². The lowest BCUT2D eigenvalue weighted by Crippen LogP contribution is -2.22. The summed E-state index contributed by atoms with van der Waals surface area (Å²) in [5, 5.41) is 0. The Balaban J connectivity index is 3.11. The van der Waals surface area contributed by atoms with Crippen LogP contribution in [0.4, 0.5) is 11.4 Å². The molecule has 0 aliphatic heterocycles. The van der Waals surface area contributed by atoms with Gasteiger partial charge >= 0.3 is 5.97 Å². The second kappa shape index (κ2) is 5.39. The molecule has 0 bridgehead atoms. The Morgan fingerprint density at radius 2 is 2.00 bits per heavy atom. The highest BCUT2D eigenvalue weighted by Crippen LogP contribution is 2.21. The number of esters is 1. The molecule has 0 aliphatic carbocycles. The molecule has 0 fully saturated rings. The number of hydrogen-bond donors (Lipinski definition) is 1. The minimum absolute atomic E-state index is 0.397. The normalized spacial score (nSPS) is 9.94. The number of ether oxygens (including phenoxy) is 1. The van der Waals surface area contributed by atoms with Crippen LogP contribution < -0.4 is 10.6 Å². The van der Waals surface area contributed by atoms with Crippen molar-refractivity contribution in [3.63, 3.8) is 0 Å². The van der Waals surface area contributed by atoms with Crippen LogP contribution in [0.1, 0.15) is 24.2 Å². The lowest BCUT2D eigenvalue weighted by atomic mass is 10.1. The SMILES string of the molecule is CCN(CC)c1ccc(N)c(C(=O)OC)c1.